The first-order chi connectivity index (χ1) is 9.54. The molecule has 5 nitrogen and oxygen atoms in total. The average molecular weight is 280 g/mol. The van der Waals surface area contributed by atoms with Crippen LogP contribution >= 0.6 is 0 Å². The molecule has 20 heavy (non-hydrogen) atoms. The van der Waals surface area contributed by atoms with E-state index in [1.54, 1.807) is 6.92 Å². The van der Waals surface area contributed by atoms with E-state index in [9.17, 15) is 14.4 Å². The van der Waals surface area contributed by atoms with Crippen LogP contribution in [0.2, 0.25) is 0 Å². The summed E-state index contributed by atoms with van der Waals surface area (Å²) in [4.78, 5) is 35.4. The highest BCUT2D eigenvalue weighted by Gasteiger charge is 2.61. The number of carbonyl (C=O) groups excluding carboxylic acids is 3. The maximum Gasteiger partial charge on any atom is 0.321 e. The molecule has 0 radical (unpaired) electrons. The lowest BCUT2D eigenvalue weighted by Gasteiger charge is -2.48. The van der Waals surface area contributed by atoms with Crippen molar-refractivity contribution < 1.29 is 24.2 Å². The molecule has 0 aromatic heterocycles. The van der Waals surface area contributed by atoms with E-state index in [2.05, 4.69) is 0 Å². The third kappa shape index (κ3) is 2.42. The minimum Gasteiger partial charge on any atom is -0.457 e. The number of aliphatic hydroxyl groups is 1. The number of aliphatic hydroxyl groups excluding tert-OH is 1. The number of hydrogen-bond donors (Lipinski definition) is 1. The zero-order valence-corrected chi connectivity index (χ0v) is 11.6. The zero-order valence-electron chi connectivity index (χ0n) is 11.6. The predicted octanol–water partition coefficient (Wildman–Crippen LogP) is 1.04. The number of esters is 1. The molecule has 1 fully saturated rings. The molecule has 1 heterocycles. The fourth-order valence-corrected chi connectivity index (χ4v) is 3.09. The Labute approximate surface area is 118 Å². The van der Waals surface area contributed by atoms with Gasteiger partial charge < -0.3 is 14.6 Å². The third-order valence-corrected chi connectivity index (χ3v) is 4.37. The van der Waals surface area contributed by atoms with Crippen molar-refractivity contribution in [2.75, 3.05) is 6.61 Å². The van der Waals surface area contributed by atoms with Crippen molar-refractivity contribution in [2.24, 2.45) is 17.8 Å². The van der Waals surface area contributed by atoms with Gasteiger partial charge in [-0.05, 0) is 32.6 Å². The van der Waals surface area contributed by atoms with Gasteiger partial charge in [-0.1, -0.05) is 12.2 Å². The van der Waals surface area contributed by atoms with E-state index in [1.165, 1.54) is 0 Å². The van der Waals surface area contributed by atoms with Gasteiger partial charge >= 0.3 is 5.97 Å². The number of rotatable bonds is 6. The minimum atomic E-state index is -1.11. The Balaban J connectivity index is 2.17. The van der Waals surface area contributed by atoms with Crippen LogP contribution in [-0.4, -0.2) is 35.4 Å². The molecule has 110 valence electrons. The summed E-state index contributed by atoms with van der Waals surface area (Å²) >= 11 is 0. The van der Waals surface area contributed by atoms with E-state index in [0.29, 0.717) is 6.29 Å². The molecule has 0 aromatic rings. The van der Waals surface area contributed by atoms with Crippen LogP contribution in [0.3, 0.4) is 0 Å². The average Bonchev–Trinajstić information content (AvgIpc) is 2.44. The molecule has 1 saturated heterocycles. The number of carbonyl (C=O) groups is 3. The van der Waals surface area contributed by atoms with Gasteiger partial charge in [0.05, 0.1) is 5.92 Å². The molecule has 2 aliphatic rings. The Morgan fingerprint density at radius 2 is 2.40 bits per heavy atom. The first kappa shape index (κ1) is 14.9. The predicted molar refractivity (Wildman–Crippen MR) is 70.7 cm³/mol. The monoisotopic (exact) mass is 280 g/mol. The molecule has 1 aliphatic heterocycles. The van der Waals surface area contributed by atoms with Gasteiger partial charge in [-0.2, -0.15) is 0 Å². The Morgan fingerprint density at radius 1 is 1.65 bits per heavy atom. The van der Waals surface area contributed by atoms with Crippen molar-refractivity contribution in [3.05, 3.63) is 12.2 Å². The molecule has 0 amide bonds. The Morgan fingerprint density at radius 3 is 2.90 bits per heavy atom. The van der Waals surface area contributed by atoms with Crippen molar-refractivity contribution in [1.82, 2.24) is 0 Å². The summed E-state index contributed by atoms with van der Waals surface area (Å²) in [6.07, 6.45) is 7.28. The summed E-state index contributed by atoms with van der Waals surface area (Å²) in [6, 6.07) is 0. The van der Waals surface area contributed by atoms with Crippen LogP contribution in [0.5, 0.6) is 0 Å². The van der Waals surface area contributed by atoms with Gasteiger partial charge in [0.2, 0.25) is 0 Å². The number of ether oxygens (including phenoxy) is 1. The Bertz CT molecular complexity index is 442. The molecule has 1 unspecified atom stereocenters. The third-order valence-electron chi connectivity index (χ3n) is 4.37. The van der Waals surface area contributed by atoms with Gasteiger partial charge in [0, 0.05) is 12.5 Å². The molecule has 1 N–H and O–H groups in total. The molecule has 5 heteroatoms. The van der Waals surface area contributed by atoms with Crippen molar-refractivity contribution in [2.45, 2.75) is 38.2 Å². The number of aldehydes is 1. The highest BCUT2D eigenvalue weighted by molar-refractivity contribution is 6.06. The summed E-state index contributed by atoms with van der Waals surface area (Å²) in [5, 5.41) is 8.99. The molecule has 0 bridgehead atoms. The van der Waals surface area contributed by atoms with E-state index < -0.39 is 23.4 Å². The molecular weight excluding hydrogens is 260 g/mol. The number of hydrogen-bond acceptors (Lipinski definition) is 5. The van der Waals surface area contributed by atoms with E-state index in [1.807, 2.05) is 12.2 Å². The number of Topliss-reactive ketones (excluding diaryl/α,β-unsaturated/α-hetero) is 1. The molecule has 4 atom stereocenters. The van der Waals surface area contributed by atoms with Crippen molar-refractivity contribution >= 4 is 18.0 Å². The van der Waals surface area contributed by atoms with Crippen LogP contribution in [-0.2, 0) is 19.1 Å². The quantitative estimate of drug-likeness (QED) is 0.340. The lowest BCUT2D eigenvalue weighted by Crippen LogP contribution is -2.64. The fourth-order valence-electron chi connectivity index (χ4n) is 3.09. The minimum absolute atomic E-state index is 0.163. The molecule has 1 aliphatic carbocycles. The summed E-state index contributed by atoms with van der Waals surface area (Å²) < 4.78 is 5.13. The number of allylic oxidation sites excluding steroid dienone is 2. The van der Waals surface area contributed by atoms with Crippen LogP contribution in [0.4, 0.5) is 0 Å². The van der Waals surface area contributed by atoms with E-state index in [0.717, 1.165) is 19.3 Å². The topological polar surface area (TPSA) is 80.7 Å². The van der Waals surface area contributed by atoms with Gasteiger partial charge in [-0.25, -0.2) is 0 Å². The van der Waals surface area contributed by atoms with Crippen LogP contribution < -0.4 is 0 Å². The largest absolute Gasteiger partial charge is 0.457 e. The first-order valence-corrected chi connectivity index (χ1v) is 7.04. The summed E-state index contributed by atoms with van der Waals surface area (Å²) in [5.74, 6) is -2.52. The highest BCUT2D eigenvalue weighted by Crippen LogP contribution is 2.43. The number of cyclic esters (lactones) is 1. The Kier molecular flexibility index (Phi) is 4.38. The van der Waals surface area contributed by atoms with Gasteiger partial charge in [0.1, 0.15) is 11.9 Å². The zero-order chi connectivity index (χ0) is 14.8. The van der Waals surface area contributed by atoms with E-state index >= 15 is 0 Å². The van der Waals surface area contributed by atoms with Crippen molar-refractivity contribution in [1.29, 1.82) is 0 Å². The molecule has 0 saturated carbocycles. The number of ketones is 1. The maximum atomic E-state index is 12.5. The van der Waals surface area contributed by atoms with E-state index in [4.69, 9.17) is 9.84 Å². The van der Waals surface area contributed by atoms with Gasteiger partial charge in [-0.3, -0.25) is 9.59 Å². The van der Waals surface area contributed by atoms with Gasteiger partial charge in [-0.15, -0.1) is 0 Å². The second-order valence-electron chi connectivity index (χ2n) is 5.66. The lowest BCUT2D eigenvalue weighted by molar-refractivity contribution is -0.219. The second-order valence-corrected chi connectivity index (χ2v) is 5.66. The van der Waals surface area contributed by atoms with Crippen molar-refractivity contribution in [3.8, 4) is 0 Å². The molecule has 2 rings (SSSR count). The van der Waals surface area contributed by atoms with Crippen LogP contribution in [0.25, 0.3) is 0 Å². The van der Waals surface area contributed by atoms with E-state index in [-0.39, 0.29) is 24.7 Å². The summed E-state index contributed by atoms with van der Waals surface area (Å²) in [6.45, 7) is 1.43. The molecule has 0 aromatic carbocycles. The van der Waals surface area contributed by atoms with Crippen LogP contribution in [0, 0.1) is 17.8 Å². The second kappa shape index (κ2) is 5.87. The van der Waals surface area contributed by atoms with Crippen molar-refractivity contribution in [3.63, 3.8) is 0 Å². The van der Waals surface area contributed by atoms with Gasteiger partial charge in [0.15, 0.2) is 11.7 Å². The standard InChI is InChI=1S/C15H20O5/c1-15(11(9-17)7-8-16)12(14(19)20-15)13(18)10-5-3-2-4-6-10/h3,5,9-12,16H,2,4,6-8H2,1H3/t10-,11+,12?,15+/m1/s1. The first-order valence-electron chi connectivity index (χ1n) is 7.04. The normalized spacial score (nSPS) is 34.0. The van der Waals surface area contributed by atoms with Crippen LogP contribution in [0.1, 0.15) is 32.6 Å². The summed E-state index contributed by atoms with van der Waals surface area (Å²) in [7, 11) is 0. The van der Waals surface area contributed by atoms with Crippen LogP contribution in [0.15, 0.2) is 12.2 Å². The van der Waals surface area contributed by atoms with Gasteiger partial charge in [0.25, 0.3) is 0 Å². The fraction of sp³-hybridized carbons (Fsp3) is 0.667. The molecule has 0 spiro atoms. The lowest BCUT2D eigenvalue weighted by atomic mass is 9.68. The Hall–Kier alpha value is -1.49. The molecular formula is C15H20O5. The smallest absolute Gasteiger partial charge is 0.321 e. The SMILES string of the molecule is C[C@@]1([C@H](C=O)CCO)OC(=O)C1C(=O)[C@@H]1C=CCCC1. The highest BCUT2D eigenvalue weighted by atomic mass is 16.6. The maximum absolute atomic E-state index is 12.5. The summed E-state index contributed by atoms with van der Waals surface area (Å²) in [5.41, 5.74) is -1.11.